The molecule has 5 nitrogen and oxygen atoms in total. The first-order valence-electron chi connectivity index (χ1n) is 6.77. The topological polar surface area (TPSA) is 66.3 Å². The van der Waals surface area contributed by atoms with Crippen molar-refractivity contribution in [1.82, 2.24) is 9.97 Å². The molecule has 20 heavy (non-hydrogen) atoms. The smallest absolute Gasteiger partial charge is 0.308 e. The highest BCUT2D eigenvalue weighted by Crippen LogP contribution is 2.39. The van der Waals surface area contributed by atoms with E-state index in [4.69, 9.17) is 5.11 Å². The lowest BCUT2D eigenvalue weighted by Crippen LogP contribution is -2.29. The fourth-order valence-corrected chi connectivity index (χ4v) is 4.00. The molecular weight excluding hydrogens is 274 g/mol. The van der Waals surface area contributed by atoms with Crippen LogP contribution in [-0.2, 0) is 17.6 Å². The maximum absolute atomic E-state index is 11.0. The molecule has 0 aromatic carbocycles. The number of carbonyl (C=O) groups is 1. The predicted octanol–water partition coefficient (Wildman–Crippen LogP) is 2.34. The predicted molar refractivity (Wildman–Crippen MR) is 79.5 cm³/mol. The van der Waals surface area contributed by atoms with Crippen LogP contribution < -0.4 is 4.90 Å². The molecule has 1 unspecified atom stereocenters. The van der Waals surface area contributed by atoms with Gasteiger partial charge in [-0.05, 0) is 24.8 Å². The molecule has 0 amide bonds. The molecule has 1 aliphatic rings. The van der Waals surface area contributed by atoms with E-state index >= 15 is 0 Å². The Hall–Kier alpha value is -1.69. The van der Waals surface area contributed by atoms with Crippen LogP contribution >= 0.6 is 11.3 Å². The molecule has 0 radical (unpaired) electrons. The Morgan fingerprint density at radius 3 is 3.05 bits per heavy atom. The van der Waals surface area contributed by atoms with Gasteiger partial charge in [-0.15, -0.1) is 11.3 Å². The van der Waals surface area contributed by atoms with Crippen molar-refractivity contribution in [3.8, 4) is 0 Å². The quantitative estimate of drug-likeness (QED) is 0.936. The maximum Gasteiger partial charge on any atom is 0.308 e. The molecule has 0 saturated carbocycles. The van der Waals surface area contributed by atoms with Crippen molar-refractivity contribution in [3.05, 3.63) is 16.8 Å². The first-order chi connectivity index (χ1) is 9.58. The van der Waals surface area contributed by atoms with Gasteiger partial charge in [0.2, 0.25) is 0 Å². The summed E-state index contributed by atoms with van der Waals surface area (Å²) >= 11 is 1.75. The maximum atomic E-state index is 11.0. The Kier molecular flexibility index (Phi) is 3.33. The summed E-state index contributed by atoms with van der Waals surface area (Å²) in [5, 5.41) is 10.2. The molecular formula is C14H17N3O2S. The first kappa shape index (κ1) is 13.3. The summed E-state index contributed by atoms with van der Waals surface area (Å²) in [5.41, 5.74) is 1.37. The highest BCUT2D eigenvalue weighted by Gasteiger charge is 2.23. The normalized spacial score (nSPS) is 15.3. The first-order valence-corrected chi connectivity index (χ1v) is 7.58. The van der Waals surface area contributed by atoms with Gasteiger partial charge in [0.1, 0.15) is 17.0 Å². The van der Waals surface area contributed by atoms with Crippen LogP contribution in [0.5, 0.6) is 0 Å². The third-order valence-corrected chi connectivity index (χ3v) is 5.01. The van der Waals surface area contributed by atoms with E-state index in [0.717, 1.165) is 28.9 Å². The number of hydrogen-bond acceptors (Lipinski definition) is 5. The monoisotopic (exact) mass is 291 g/mol. The fraction of sp³-hybridized carbons (Fsp3) is 0.500. The minimum absolute atomic E-state index is 0.420. The second-order valence-electron chi connectivity index (χ2n) is 5.35. The lowest BCUT2D eigenvalue weighted by Gasteiger charge is -2.21. The van der Waals surface area contributed by atoms with Crippen LogP contribution in [0.25, 0.3) is 10.2 Å². The van der Waals surface area contributed by atoms with Gasteiger partial charge in [0.05, 0.1) is 11.3 Å². The Morgan fingerprint density at radius 2 is 2.30 bits per heavy atom. The van der Waals surface area contributed by atoms with E-state index < -0.39 is 11.9 Å². The van der Waals surface area contributed by atoms with Crippen molar-refractivity contribution in [2.24, 2.45) is 5.92 Å². The number of rotatable bonds is 4. The minimum atomic E-state index is -0.780. The lowest BCUT2D eigenvalue weighted by atomic mass is 10.1. The number of carboxylic acid groups (broad SMARTS) is 1. The number of carboxylic acids is 1. The molecule has 1 aliphatic carbocycles. The van der Waals surface area contributed by atoms with Crippen LogP contribution in [-0.4, -0.2) is 34.6 Å². The SMILES string of the molecule is CC(CN(C)c1ncnc2sc3c(c12)CCC3)C(=O)O. The van der Waals surface area contributed by atoms with Crippen molar-refractivity contribution < 1.29 is 9.90 Å². The molecule has 2 aromatic rings. The largest absolute Gasteiger partial charge is 0.481 e. The summed E-state index contributed by atoms with van der Waals surface area (Å²) < 4.78 is 0. The molecule has 2 heterocycles. The van der Waals surface area contributed by atoms with Gasteiger partial charge in [0.25, 0.3) is 0 Å². The molecule has 3 rings (SSSR count). The van der Waals surface area contributed by atoms with Crippen LogP contribution in [0.1, 0.15) is 23.8 Å². The van der Waals surface area contributed by atoms with Crippen LogP contribution in [0.4, 0.5) is 5.82 Å². The van der Waals surface area contributed by atoms with Crippen LogP contribution in [0.2, 0.25) is 0 Å². The van der Waals surface area contributed by atoms with E-state index in [-0.39, 0.29) is 0 Å². The summed E-state index contributed by atoms with van der Waals surface area (Å²) in [5.74, 6) is -0.336. The average Bonchev–Trinajstić information content (AvgIpc) is 2.97. The van der Waals surface area contributed by atoms with Crippen molar-refractivity contribution in [2.75, 3.05) is 18.5 Å². The third kappa shape index (κ3) is 2.14. The molecule has 0 fully saturated rings. The highest BCUT2D eigenvalue weighted by atomic mass is 32.1. The molecule has 6 heteroatoms. The molecule has 0 spiro atoms. The molecule has 0 bridgehead atoms. The molecule has 106 valence electrons. The van der Waals surface area contributed by atoms with Crippen molar-refractivity contribution >= 4 is 33.3 Å². The number of aliphatic carboxylic acids is 1. The Balaban J connectivity index is 2.01. The van der Waals surface area contributed by atoms with Gasteiger partial charge in [-0.25, -0.2) is 9.97 Å². The number of nitrogens with zero attached hydrogens (tertiary/aromatic N) is 3. The van der Waals surface area contributed by atoms with Crippen LogP contribution in [0, 0.1) is 5.92 Å². The molecule has 0 aliphatic heterocycles. The second-order valence-corrected chi connectivity index (χ2v) is 6.44. The van der Waals surface area contributed by atoms with Crippen molar-refractivity contribution in [1.29, 1.82) is 0 Å². The minimum Gasteiger partial charge on any atom is -0.481 e. The Labute approximate surface area is 121 Å². The van der Waals surface area contributed by atoms with E-state index in [1.54, 1.807) is 24.6 Å². The second kappa shape index (κ2) is 5.01. The number of hydrogen-bond donors (Lipinski definition) is 1. The number of thiophene rings is 1. The van der Waals surface area contributed by atoms with Gasteiger partial charge in [-0.3, -0.25) is 4.79 Å². The summed E-state index contributed by atoms with van der Waals surface area (Å²) in [7, 11) is 1.90. The molecule has 1 N–H and O–H groups in total. The van der Waals surface area contributed by atoms with Gasteiger partial charge < -0.3 is 10.0 Å². The zero-order chi connectivity index (χ0) is 14.3. The van der Waals surface area contributed by atoms with Gasteiger partial charge >= 0.3 is 5.97 Å². The summed E-state index contributed by atoms with van der Waals surface area (Å²) in [6, 6.07) is 0. The summed E-state index contributed by atoms with van der Waals surface area (Å²) in [6.45, 7) is 2.17. The van der Waals surface area contributed by atoms with E-state index in [0.29, 0.717) is 6.54 Å². The zero-order valence-corrected chi connectivity index (χ0v) is 12.4. The Morgan fingerprint density at radius 1 is 1.50 bits per heavy atom. The third-order valence-electron chi connectivity index (χ3n) is 3.81. The fourth-order valence-electron chi connectivity index (χ4n) is 2.78. The van der Waals surface area contributed by atoms with E-state index in [2.05, 4.69) is 9.97 Å². The van der Waals surface area contributed by atoms with Crippen LogP contribution in [0.15, 0.2) is 6.33 Å². The van der Waals surface area contributed by atoms with Gasteiger partial charge in [-0.1, -0.05) is 6.92 Å². The number of fused-ring (bicyclic) bond motifs is 3. The summed E-state index contributed by atoms with van der Waals surface area (Å²) in [4.78, 5) is 24.2. The van der Waals surface area contributed by atoms with E-state index in [1.165, 1.54) is 16.9 Å². The van der Waals surface area contributed by atoms with Crippen molar-refractivity contribution in [2.45, 2.75) is 26.2 Å². The standard InChI is InChI=1S/C14H17N3O2S/c1-8(14(18)19)6-17(2)12-11-9-4-3-5-10(9)20-13(11)16-7-15-12/h7-8H,3-6H2,1-2H3,(H,18,19). The van der Waals surface area contributed by atoms with E-state index in [1.807, 2.05) is 11.9 Å². The van der Waals surface area contributed by atoms with Crippen molar-refractivity contribution in [3.63, 3.8) is 0 Å². The van der Waals surface area contributed by atoms with Gasteiger partial charge in [0, 0.05) is 18.5 Å². The average molecular weight is 291 g/mol. The molecule has 0 saturated heterocycles. The molecule has 1 atom stereocenters. The van der Waals surface area contributed by atoms with Gasteiger partial charge in [-0.2, -0.15) is 0 Å². The van der Waals surface area contributed by atoms with E-state index in [9.17, 15) is 4.79 Å². The number of anilines is 1. The summed E-state index contributed by atoms with van der Waals surface area (Å²) in [6.07, 6.45) is 4.98. The number of aromatic nitrogens is 2. The van der Waals surface area contributed by atoms with Crippen LogP contribution in [0.3, 0.4) is 0 Å². The highest BCUT2D eigenvalue weighted by molar-refractivity contribution is 7.19. The lowest BCUT2D eigenvalue weighted by molar-refractivity contribution is -0.140. The number of aryl methyl sites for hydroxylation is 2. The van der Waals surface area contributed by atoms with Gasteiger partial charge in [0.15, 0.2) is 0 Å². The zero-order valence-electron chi connectivity index (χ0n) is 11.6. The Bertz CT molecular complexity index is 668. The molecule has 2 aromatic heterocycles.